The Balaban J connectivity index is 1.35. The average Bonchev–Trinajstić information content (AvgIpc) is 3.59. The number of nitrogens with zero attached hydrogens (tertiary/aromatic N) is 4. The van der Waals surface area contributed by atoms with Gasteiger partial charge in [0.05, 0.1) is 29.4 Å². The van der Waals surface area contributed by atoms with Gasteiger partial charge in [-0.05, 0) is 79.3 Å². The molecule has 0 atom stereocenters. The van der Waals surface area contributed by atoms with Crippen LogP contribution < -0.4 is 9.46 Å². The summed E-state index contributed by atoms with van der Waals surface area (Å²) < 4.78 is 46.0. The smallest absolute Gasteiger partial charge is 0.209 e. The fraction of sp³-hybridized carbons (Fsp3) is 0.194. The summed E-state index contributed by atoms with van der Waals surface area (Å²) in [5.41, 5.74) is 7.18. The van der Waals surface area contributed by atoms with Crippen LogP contribution in [0.5, 0.6) is 5.75 Å². The summed E-state index contributed by atoms with van der Waals surface area (Å²) in [7, 11) is 0.565. The second-order valence-electron chi connectivity index (χ2n) is 10.6. The summed E-state index contributed by atoms with van der Waals surface area (Å²) >= 11 is 0. The minimum atomic E-state index is -3.42. The lowest BCUT2D eigenvalue weighted by Gasteiger charge is -2.11. The van der Waals surface area contributed by atoms with Gasteiger partial charge in [0.1, 0.15) is 29.4 Å². The average molecular weight is 600 g/mol. The number of fused-ring (bicyclic) bond motifs is 2. The summed E-state index contributed by atoms with van der Waals surface area (Å²) in [5.74, 6) is 0.219. The number of nitrogens with one attached hydrogen (secondary N) is 3. The predicted molar refractivity (Wildman–Crippen MR) is 166 cm³/mol. The minimum Gasteiger partial charge on any atom is -0.491 e. The molecule has 0 amide bonds. The number of aromatic nitrogens is 5. The van der Waals surface area contributed by atoms with E-state index < -0.39 is 15.8 Å². The van der Waals surface area contributed by atoms with Gasteiger partial charge in [0.2, 0.25) is 10.0 Å². The van der Waals surface area contributed by atoms with Crippen molar-refractivity contribution in [2.75, 3.05) is 33.5 Å². The van der Waals surface area contributed by atoms with Crippen molar-refractivity contribution in [1.29, 1.82) is 0 Å². The van der Waals surface area contributed by atoms with Crippen LogP contribution in [-0.2, 0) is 16.6 Å². The van der Waals surface area contributed by atoms with E-state index in [1.807, 2.05) is 56.6 Å². The van der Waals surface area contributed by atoms with E-state index in [9.17, 15) is 12.8 Å². The molecular formula is C31H30FN7O3S. The van der Waals surface area contributed by atoms with Crippen molar-refractivity contribution < 1.29 is 17.5 Å². The molecule has 4 aromatic heterocycles. The molecule has 0 radical (unpaired) electrons. The number of pyridine rings is 2. The molecule has 6 rings (SSSR count). The molecule has 0 aliphatic carbocycles. The molecule has 43 heavy (non-hydrogen) atoms. The Hall–Kier alpha value is -4.65. The molecule has 0 unspecified atom stereocenters. The molecule has 12 heteroatoms. The molecule has 0 aliphatic heterocycles. The van der Waals surface area contributed by atoms with Crippen molar-refractivity contribution in [3.8, 4) is 39.5 Å². The van der Waals surface area contributed by atoms with Gasteiger partial charge >= 0.3 is 0 Å². The monoisotopic (exact) mass is 599 g/mol. The third-order valence-electron chi connectivity index (χ3n) is 6.95. The molecule has 0 fully saturated rings. The maximum absolute atomic E-state index is 14.6. The largest absolute Gasteiger partial charge is 0.491 e. The lowest BCUT2D eigenvalue weighted by molar-refractivity contribution is 0.261. The quantitative estimate of drug-likeness (QED) is 0.203. The highest BCUT2D eigenvalue weighted by Gasteiger charge is 2.16. The minimum absolute atomic E-state index is 0.00808. The lowest BCUT2D eigenvalue weighted by Crippen LogP contribution is -2.21. The molecule has 4 heterocycles. The summed E-state index contributed by atoms with van der Waals surface area (Å²) in [5, 5.41) is 8.49. The van der Waals surface area contributed by atoms with Gasteiger partial charge in [-0.1, -0.05) is 12.1 Å². The van der Waals surface area contributed by atoms with Gasteiger partial charge in [0.15, 0.2) is 0 Å². The number of ether oxygens (including phenoxy) is 1. The van der Waals surface area contributed by atoms with E-state index in [0.717, 1.165) is 51.7 Å². The van der Waals surface area contributed by atoms with Gasteiger partial charge in [0.25, 0.3) is 0 Å². The molecule has 6 aromatic rings. The Morgan fingerprint density at radius 2 is 1.86 bits per heavy atom. The zero-order valence-corrected chi connectivity index (χ0v) is 24.7. The summed E-state index contributed by atoms with van der Waals surface area (Å²) in [6, 6.07) is 18.0. The molecule has 0 bridgehead atoms. The van der Waals surface area contributed by atoms with Crippen LogP contribution in [0.15, 0.2) is 73.1 Å². The van der Waals surface area contributed by atoms with E-state index in [0.29, 0.717) is 34.7 Å². The number of H-pyrrole nitrogens is 2. The SMILES string of the molecule is CN(C)CCOc1cncc(-c2ccc3[nH]nc(-c4cc5c(-c6cc(F)cc(CNS(C)(=O)=O)c6)cccc5[nH]4)c3n2)c1. The first-order valence-corrected chi connectivity index (χ1v) is 15.5. The Bertz CT molecular complexity index is 2050. The number of hydrogen-bond acceptors (Lipinski definition) is 7. The van der Waals surface area contributed by atoms with E-state index in [2.05, 4.69) is 29.8 Å². The summed E-state index contributed by atoms with van der Waals surface area (Å²) in [6.07, 6.45) is 4.51. The molecule has 0 saturated carbocycles. The van der Waals surface area contributed by atoms with Gasteiger partial charge in [-0.15, -0.1) is 0 Å². The van der Waals surface area contributed by atoms with E-state index in [-0.39, 0.29) is 6.54 Å². The van der Waals surface area contributed by atoms with Gasteiger partial charge in [0, 0.05) is 35.8 Å². The van der Waals surface area contributed by atoms with E-state index >= 15 is 0 Å². The third-order valence-corrected chi connectivity index (χ3v) is 7.62. The van der Waals surface area contributed by atoms with Crippen molar-refractivity contribution >= 4 is 32.0 Å². The standard InChI is InChI=1S/C31H30FN7O3S/c1-39(2)9-10-42-23-14-21(17-33-18-23)26-7-8-28-30(36-26)31(38-37-28)29-15-25-24(5-4-6-27(25)35-29)20-11-19(12-22(32)13-20)16-34-43(3,40)41/h4-8,11-15,17-18,34-35H,9-10,16H2,1-3H3,(H,37,38). The molecule has 0 saturated heterocycles. The number of likely N-dealkylation sites (N-methyl/N-ethyl adjacent to an activating group) is 1. The van der Waals surface area contributed by atoms with Crippen LogP contribution in [0.25, 0.3) is 55.7 Å². The molecule has 0 spiro atoms. The van der Waals surface area contributed by atoms with Crippen molar-refractivity contribution in [3.63, 3.8) is 0 Å². The fourth-order valence-corrected chi connectivity index (χ4v) is 5.32. The van der Waals surface area contributed by atoms with Gasteiger partial charge in [-0.25, -0.2) is 22.5 Å². The van der Waals surface area contributed by atoms with Crippen molar-refractivity contribution in [1.82, 2.24) is 34.8 Å². The van der Waals surface area contributed by atoms with Crippen LogP contribution in [0, 0.1) is 5.82 Å². The van der Waals surface area contributed by atoms with Crippen LogP contribution in [0.3, 0.4) is 0 Å². The zero-order valence-electron chi connectivity index (χ0n) is 23.8. The number of benzene rings is 2. The first-order valence-electron chi connectivity index (χ1n) is 13.6. The van der Waals surface area contributed by atoms with Crippen LogP contribution >= 0.6 is 0 Å². The number of sulfonamides is 1. The highest BCUT2D eigenvalue weighted by molar-refractivity contribution is 7.88. The second-order valence-corrected chi connectivity index (χ2v) is 12.5. The fourth-order valence-electron chi connectivity index (χ4n) is 4.89. The first kappa shape index (κ1) is 28.5. The molecule has 2 aromatic carbocycles. The van der Waals surface area contributed by atoms with Crippen molar-refractivity contribution in [3.05, 3.63) is 84.4 Å². The number of halogens is 1. The van der Waals surface area contributed by atoms with Crippen molar-refractivity contribution in [2.24, 2.45) is 0 Å². The Morgan fingerprint density at radius 1 is 1.00 bits per heavy atom. The molecule has 3 N–H and O–H groups in total. The topological polar surface area (TPSA) is 129 Å². The van der Waals surface area contributed by atoms with E-state index in [4.69, 9.17) is 9.72 Å². The normalized spacial score (nSPS) is 12.0. The highest BCUT2D eigenvalue weighted by Crippen LogP contribution is 2.35. The zero-order chi connectivity index (χ0) is 30.1. The van der Waals surface area contributed by atoms with Crippen LogP contribution in [0.1, 0.15) is 5.56 Å². The maximum Gasteiger partial charge on any atom is 0.209 e. The van der Waals surface area contributed by atoms with Gasteiger partial charge < -0.3 is 14.6 Å². The molecular weight excluding hydrogens is 569 g/mol. The van der Waals surface area contributed by atoms with E-state index in [1.165, 1.54) is 12.1 Å². The number of rotatable bonds is 10. The predicted octanol–water partition coefficient (Wildman–Crippen LogP) is 4.96. The van der Waals surface area contributed by atoms with Gasteiger partial charge in [-0.2, -0.15) is 5.10 Å². The molecule has 220 valence electrons. The van der Waals surface area contributed by atoms with Crippen LogP contribution in [-0.4, -0.2) is 72.0 Å². The molecule has 10 nitrogen and oxygen atoms in total. The maximum atomic E-state index is 14.6. The first-order chi connectivity index (χ1) is 20.6. The summed E-state index contributed by atoms with van der Waals surface area (Å²) in [4.78, 5) is 14.7. The highest BCUT2D eigenvalue weighted by atomic mass is 32.2. The number of aromatic amines is 2. The van der Waals surface area contributed by atoms with Crippen LogP contribution in [0.4, 0.5) is 4.39 Å². The lowest BCUT2D eigenvalue weighted by atomic mass is 9.99. The second kappa shape index (κ2) is 11.6. The Kier molecular flexibility index (Phi) is 7.65. The molecule has 0 aliphatic rings. The third kappa shape index (κ3) is 6.41. The van der Waals surface area contributed by atoms with Crippen LogP contribution in [0.2, 0.25) is 0 Å². The summed E-state index contributed by atoms with van der Waals surface area (Å²) in [6.45, 7) is 1.33. The Morgan fingerprint density at radius 3 is 2.67 bits per heavy atom. The van der Waals surface area contributed by atoms with E-state index in [1.54, 1.807) is 18.5 Å². The number of hydrogen-bond donors (Lipinski definition) is 3. The van der Waals surface area contributed by atoms with Crippen molar-refractivity contribution in [2.45, 2.75) is 6.54 Å². The Labute approximate surface area is 248 Å². The van der Waals surface area contributed by atoms with Gasteiger partial charge in [-0.3, -0.25) is 10.1 Å².